The maximum absolute atomic E-state index is 13.4. The van der Waals surface area contributed by atoms with Crippen LogP contribution in [0.2, 0.25) is 0 Å². The highest BCUT2D eigenvalue weighted by molar-refractivity contribution is 5.78. The monoisotopic (exact) mass is 464 g/mol. The second-order valence-electron chi connectivity index (χ2n) is 7.99. The lowest BCUT2D eigenvalue weighted by Gasteiger charge is -2.15. The predicted molar refractivity (Wildman–Crippen MR) is 123 cm³/mol. The number of hydrogen-bond acceptors (Lipinski definition) is 8. The zero-order valence-electron chi connectivity index (χ0n) is 18.9. The minimum Gasteiger partial charge on any atom is -0.493 e. The van der Waals surface area contributed by atoms with E-state index in [0.717, 1.165) is 12.8 Å². The first-order valence-electron chi connectivity index (χ1n) is 11.0. The van der Waals surface area contributed by atoms with Gasteiger partial charge in [-0.1, -0.05) is 23.4 Å². The van der Waals surface area contributed by atoms with Gasteiger partial charge in [-0.2, -0.15) is 4.98 Å². The number of nitrogens with zero attached hydrogens (tertiary/aromatic N) is 4. The first-order chi connectivity index (χ1) is 16.6. The number of aromatic nitrogens is 4. The summed E-state index contributed by atoms with van der Waals surface area (Å²) in [6.07, 6.45) is 1.57. The molecule has 1 saturated heterocycles. The largest absolute Gasteiger partial charge is 0.493 e. The Morgan fingerprint density at radius 1 is 1.06 bits per heavy atom. The molecular formula is C24H24N4O6. The van der Waals surface area contributed by atoms with Gasteiger partial charge in [-0.3, -0.25) is 13.9 Å². The van der Waals surface area contributed by atoms with Gasteiger partial charge < -0.3 is 18.7 Å². The molecule has 5 rings (SSSR count). The molecule has 0 saturated carbocycles. The summed E-state index contributed by atoms with van der Waals surface area (Å²) in [6.45, 7) is 0.850. The molecule has 3 heterocycles. The molecule has 10 heteroatoms. The molecule has 0 spiro atoms. The Balaban J connectivity index is 1.56. The molecule has 0 N–H and O–H groups in total. The number of para-hydroxylation sites is 2. The van der Waals surface area contributed by atoms with Crippen molar-refractivity contribution in [2.24, 2.45) is 0 Å². The van der Waals surface area contributed by atoms with E-state index in [1.807, 2.05) is 0 Å². The molecule has 2 aromatic carbocycles. The molecule has 176 valence electrons. The number of hydrogen-bond donors (Lipinski definition) is 0. The van der Waals surface area contributed by atoms with Gasteiger partial charge >= 0.3 is 5.69 Å². The van der Waals surface area contributed by atoms with Gasteiger partial charge in [-0.25, -0.2) is 4.79 Å². The Morgan fingerprint density at radius 2 is 1.91 bits per heavy atom. The summed E-state index contributed by atoms with van der Waals surface area (Å²) in [6, 6.07) is 12.4. The smallest absolute Gasteiger partial charge is 0.332 e. The van der Waals surface area contributed by atoms with Gasteiger partial charge in [0.1, 0.15) is 6.54 Å². The lowest BCUT2D eigenvalue weighted by molar-refractivity contribution is 0.0948. The predicted octanol–water partition coefficient (Wildman–Crippen LogP) is 2.46. The van der Waals surface area contributed by atoms with E-state index in [1.165, 1.54) is 16.2 Å². The highest BCUT2D eigenvalue weighted by Gasteiger charge is 2.22. The normalized spacial score (nSPS) is 15.6. The fraction of sp³-hybridized carbons (Fsp3) is 0.333. The van der Waals surface area contributed by atoms with Crippen LogP contribution in [-0.4, -0.2) is 46.2 Å². The van der Waals surface area contributed by atoms with Crippen LogP contribution in [-0.2, 0) is 17.8 Å². The van der Waals surface area contributed by atoms with E-state index in [0.29, 0.717) is 40.4 Å². The van der Waals surface area contributed by atoms with E-state index in [9.17, 15) is 9.59 Å². The maximum atomic E-state index is 13.4. The Morgan fingerprint density at radius 3 is 2.68 bits per heavy atom. The molecule has 1 aliphatic heterocycles. The molecule has 4 aromatic rings. The zero-order chi connectivity index (χ0) is 23.7. The second-order valence-corrected chi connectivity index (χ2v) is 7.99. The third-order valence-corrected chi connectivity index (χ3v) is 5.95. The van der Waals surface area contributed by atoms with Gasteiger partial charge in [-0.15, -0.1) is 0 Å². The highest BCUT2D eigenvalue weighted by atomic mass is 16.5. The first-order valence-corrected chi connectivity index (χ1v) is 11.0. The quantitative estimate of drug-likeness (QED) is 0.410. The molecule has 0 amide bonds. The maximum Gasteiger partial charge on any atom is 0.332 e. The fourth-order valence-electron chi connectivity index (χ4n) is 4.30. The second kappa shape index (κ2) is 9.14. The SMILES string of the molecule is COc1cccc(-c2noc(Cn3c(=O)n(CC4CCCO4)c(=O)c4ccccc43)n2)c1OC. The van der Waals surface area contributed by atoms with E-state index in [4.69, 9.17) is 18.7 Å². The summed E-state index contributed by atoms with van der Waals surface area (Å²) < 4.78 is 24.7. The molecule has 0 radical (unpaired) electrons. The molecule has 2 aromatic heterocycles. The van der Waals surface area contributed by atoms with Crippen molar-refractivity contribution in [2.75, 3.05) is 20.8 Å². The van der Waals surface area contributed by atoms with Crippen LogP contribution in [0.1, 0.15) is 18.7 Å². The average molecular weight is 464 g/mol. The van der Waals surface area contributed by atoms with Crippen molar-refractivity contribution in [2.45, 2.75) is 32.0 Å². The van der Waals surface area contributed by atoms with Crippen LogP contribution in [0, 0.1) is 0 Å². The zero-order valence-corrected chi connectivity index (χ0v) is 18.9. The molecule has 1 aliphatic rings. The third-order valence-electron chi connectivity index (χ3n) is 5.95. The van der Waals surface area contributed by atoms with Gasteiger partial charge in [0.15, 0.2) is 11.5 Å². The van der Waals surface area contributed by atoms with Crippen molar-refractivity contribution >= 4 is 10.9 Å². The molecule has 1 fully saturated rings. The van der Waals surface area contributed by atoms with Gasteiger partial charge in [0, 0.05) is 6.61 Å². The van der Waals surface area contributed by atoms with Gasteiger partial charge in [-0.05, 0) is 37.1 Å². The lowest BCUT2D eigenvalue weighted by Crippen LogP contribution is -2.42. The Hall–Kier alpha value is -3.92. The topological polar surface area (TPSA) is 111 Å². The van der Waals surface area contributed by atoms with Crippen molar-refractivity contribution in [1.82, 2.24) is 19.3 Å². The van der Waals surface area contributed by atoms with Crippen molar-refractivity contribution in [3.05, 3.63) is 69.2 Å². The molecule has 34 heavy (non-hydrogen) atoms. The van der Waals surface area contributed by atoms with E-state index in [-0.39, 0.29) is 30.6 Å². The van der Waals surface area contributed by atoms with Crippen molar-refractivity contribution in [3.8, 4) is 22.9 Å². The van der Waals surface area contributed by atoms with Crippen LogP contribution in [0.4, 0.5) is 0 Å². The number of methoxy groups -OCH3 is 2. The Bertz CT molecular complexity index is 1450. The first kappa shape index (κ1) is 21.9. The summed E-state index contributed by atoms with van der Waals surface area (Å²) in [4.78, 5) is 31.0. The Kier molecular flexibility index (Phi) is 5.89. The average Bonchev–Trinajstić information content (AvgIpc) is 3.56. The van der Waals surface area contributed by atoms with E-state index in [2.05, 4.69) is 10.1 Å². The number of fused-ring (bicyclic) bond motifs is 1. The minimum atomic E-state index is -0.446. The number of rotatable bonds is 7. The van der Waals surface area contributed by atoms with E-state index >= 15 is 0 Å². The van der Waals surface area contributed by atoms with Crippen LogP contribution < -0.4 is 20.7 Å². The summed E-state index contributed by atoms with van der Waals surface area (Å²) in [7, 11) is 3.08. The molecule has 1 unspecified atom stereocenters. The molecule has 1 atom stereocenters. The van der Waals surface area contributed by atoms with Crippen LogP contribution in [0.5, 0.6) is 11.5 Å². The van der Waals surface area contributed by atoms with Crippen LogP contribution in [0.25, 0.3) is 22.3 Å². The van der Waals surface area contributed by atoms with Crippen molar-refractivity contribution in [1.29, 1.82) is 0 Å². The Labute approximate surface area is 194 Å². The van der Waals surface area contributed by atoms with Crippen molar-refractivity contribution in [3.63, 3.8) is 0 Å². The molecule has 0 aliphatic carbocycles. The van der Waals surface area contributed by atoms with Gasteiger partial charge in [0.05, 0.1) is 43.3 Å². The van der Waals surface area contributed by atoms with E-state index < -0.39 is 5.69 Å². The summed E-state index contributed by atoms with van der Waals surface area (Å²) in [5.41, 5.74) is 0.315. The minimum absolute atomic E-state index is 0.00440. The van der Waals surface area contributed by atoms with Crippen LogP contribution in [0.15, 0.2) is 56.6 Å². The number of ether oxygens (including phenoxy) is 3. The molecule has 0 bridgehead atoms. The van der Waals surface area contributed by atoms with Gasteiger partial charge in [0.25, 0.3) is 5.56 Å². The summed E-state index contributed by atoms with van der Waals surface area (Å²) in [5.74, 6) is 1.53. The molecular weight excluding hydrogens is 440 g/mol. The third kappa shape index (κ3) is 3.86. The molecule has 10 nitrogen and oxygen atoms in total. The highest BCUT2D eigenvalue weighted by Crippen LogP contribution is 2.36. The number of benzene rings is 2. The van der Waals surface area contributed by atoms with E-state index in [1.54, 1.807) is 49.6 Å². The summed E-state index contributed by atoms with van der Waals surface area (Å²) in [5, 5.41) is 4.51. The summed E-state index contributed by atoms with van der Waals surface area (Å²) >= 11 is 0. The van der Waals surface area contributed by atoms with Crippen molar-refractivity contribution < 1.29 is 18.7 Å². The standard InChI is InChI=1S/C24H24N4O6/c1-31-19-11-5-9-17(21(19)32-2)22-25-20(34-26-22)14-27-18-10-4-3-8-16(18)23(29)28(24(27)30)13-15-7-6-12-33-15/h3-5,8-11,15H,6-7,12-14H2,1-2H3. The van der Waals surface area contributed by atoms with Crippen LogP contribution in [0.3, 0.4) is 0 Å². The fourth-order valence-corrected chi connectivity index (χ4v) is 4.30. The van der Waals surface area contributed by atoms with Gasteiger partial charge in [0.2, 0.25) is 11.7 Å². The lowest BCUT2D eigenvalue weighted by atomic mass is 10.1. The van der Waals surface area contributed by atoms with Crippen LogP contribution >= 0.6 is 0 Å².